The molecule has 2 aromatic rings. The molecule has 0 saturated carbocycles. The van der Waals surface area contributed by atoms with Crippen LogP contribution in [0.25, 0.3) is 0 Å². The standard InChI is InChI=1S/C21H25N3O5/c1-28-19-8-5-15(13-20(19)29-2)9-10-22-21(25)16-6-7-17(18(14-16)24(26)27)23-11-3-4-12-23/h5-8,13-14H,3-4,9-12H2,1-2H3,(H,22,25). The van der Waals surface area contributed by atoms with Gasteiger partial charge in [-0.05, 0) is 49.1 Å². The van der Waals surface area contributed by atoms with Gasteiger partial charge >= 0.3 is 0 Å². The first kappa shape index (κ1) is 20.4. The zero-order chi connectivity index (χ0) is 20.8. The molecule has 1 heterocycles. The van der Waals surface area contributed by atoms with E-state index in [-0.39, 0.29) is 17.2 Å². The lowest BCUT2D eigenvalue weighted by Crippen LogP contribution is -2.26. The molecule has 1 fully saturated rings. The van der Waals surface area contributed by atoms with Crippen LogP contribution in [0.15, 0.2) is 36.4 Å². The van der Waals surface area contributed by atoms with E-state index in [1.807, 2.05) is 23.1 Å². The van der Waals surface area contributed by atoms with Crippen molar-refractivity contribution in [3.8, 4) is 11.5 Å². The summed E-state index contributed by atoms with van der Waals surface area (Å²) in [6, 6.07) is 10.3. The molecular formula is C21H25N3O5. The van der Waals surface area contributed by atoms with Crippen LogP contribution in [0, 0.1) is 10.1 Å². The zero-order valence-corrected chi connectivity index (χ0v) is 16.6. The molecule has 0 radical (unpaired) electrons. The second-order valence-corrected chi connectivity index (χ2v) is 6.85. The fraction of sp³-hybridized carbons (Fsp3) is 0.381. The maximum Gasteiger partial charge on any atom is 0.293 e. The summed E-state index contributed by atoms with van der Waals surface area (Å²) in [7, 11) is 3.15. The minimum absolute atomic E-state index is 0.0283. The fourth-order valence-electron chi connectivity index (χ4n) is 3.49. The Balaban J connectivity index is 1.65. The van der Waals surface area contributed by atoms with Gasteiger partial charge in [0.25, 0.3) is 11.6 Å². The summed E-state index contributed by atoms with van der Waals surface area (Å²) < 4.78 is 10.5. The van der Waals surface area contributed by atoms with Crippen molar-refractivity contribution in [1.29, 1.82) is 0 Å². The number of carbonyl (C=O) groups excluding carboxylic acids is 1. The van der Waals surface area contributed by atoms with E-state index in [0.29, 0.717) is 30.2 Å². The maximum atomic E-state index is 12.5. The molecule has 0 bridgehead atoms. The number of nitrogens with one attached hydrogen (secondary N) is 1. The number of nitro groups is 1. The van der Waals surface area contributed by atoms with Gasteiger partial charge in [0.1, 0.15) is 5.69 Å². The van der Waals surface area contributed by atoms with Gasteiger partial charge < -0.3 is 19.7 Å². The van der Waals surface area contributed by atoms with E-state index in [2.05, 4.69) is 5.32 Å². The first-order valence-electron chi connectivity index (χ1n) is 9.56. The predicted octanol–water partition coefficient (Wildman–Crippen LogP) is 3.18. The van der Waals surface area contributed by atoms with Crippen LogP contribution in [0.4, 0.5) is 11.4 Å². The number of carbonyl (C=O) groups is 1. The molecular weight excluding hydrogens is 374 g/mol. The third-order valence-corrected chi connectivity index (χ3v) is 5.03. The summed E-state index contributed by atoms with van der Waals surface area (Å²) in [5.41, 5.74) is 1.82. The number of hydrogen-bond donors (Lipinski definition) is 1. The number of nitro benzene ring substituents is 1. The van der Waals surface area contributed by atoms with Crippen LogP contribution >= 0.6 is 0 Å². The van der Waals surface area contributed by atoms with E-state index >= 15 is 0 Å². The van der Waals surface area contributed by atoms with Gasteiger partial charge in [0.15, 0.2) is 11.5 Å². The number of ether oxygens (including phenoxy) is 2. The monoisotopic (exact) mass is 399 g/mol. The molecule has 0 spiro atoms. The Bertz CT molecular complexity index is 894. The minimum Gasteiger partial charge on any atom is -0.493 e. The minimum atomic E-state index is -0.423. The number of amides is 1. The summed E-state index contributed by atoms with van der Waals surface area (Å²) >= 11 is 0. The average molecular weight is 399 g/mol. The van der Waals surface area contributed by atoms with E-state index in [1.165, 1.54) is 6.07 Å². The highest BCUT2D eigenvalue weighted by Gasteiger charge is 2.23. The van der Waals surface area contributed by atoms with Crippen molar-refractivity contribution in [3.63, 3.8) is 0 Å². The summed E-state index contributed by atoms with van der Waals surface area (Å²) in [4.78, 5) is 25.5. The predicted molar refractivity (Wildman–Crippen MR) is 110 cm³/mol. The van der Waals surface area contributed by atoms with Gasteiger partial charge in [-0.15, -0.1) is 0 Å². The van der Waals surface area contributed by atoms with Crippen molar-refractivity contribution >= 4 is 17.3 Å². The van der Waals surface area contributed by atoms with E-state index in [0.717, 1.165) is 31.5 Å². The number of methoxy groups -OCH3 is 2. The molecule has 154 valence electrons. The van der Waals surface area contributed by atoms with Gasteiger partial charge in [-0.25, -0.2) is 0 Å². The van der Waals surface area contributed by atoms with Gasteiger partial charge in [0.2, 0.25) is 0 Å². The van der Waals surface area contributed by atoms with Crippen LogP contribution in [0.3, 0.4) is 0 Å². The van der Waals surface area contributed by atoms with E-state index in [1.54, 1.807) is 26.4 Å². The molecule has 1 saturated heterocycles. The Morgan fingerprint density at radius 1 is 1.10 bits per heavy atom. The molecule has 1 aliphatic heterocycles. The lowest BCUT2D eigenvalue weighted by molar-refractivity contribution is -0.384. The Hall–Kier alpha value is -3.29. The molecule has 3 rings (SSSR count). The van der Waals surface area contributed by atoms with E-state index in [4.69, 9.17) is 9.47 Å². The van der Waals surface area contributed by atoms with Gasteiger partial charge in [0.05, 0.1) is 19.1 Å². The second kappa shape index (κ2) is 9.27. The van der Waals surface area contributed by atoms with Crippen molar-refractivity contribution in [2.75, 3.05) is 38.8 Å². The zero-order valence-electron chi connectivity index (χ0n) is 16.6. The van der Waals surface area contributed by atoms with E-state index < -0.39 is 4.92 Å². The van der Waals surface area contributed by atoms with Gasteiger partial charge in [-0.1, -0.05) is 6.07 Å². The quantitative estimate of drug-likeness (QED) is 0.541. The van der Waals surface area contributed by atoms with Crippen LogP contribution in [0.2, 0.25) is 0 Å². The van der Waals surface area contributed by atoms with E-state index in [9.17, 15) is 14.9 Å². The topological polar surface area (TPSA) is 93.9 Å². The highest BCUT2D eigenvalue weighted by molar-refractivity contribution is 5.95. The van der Waals surface area contributed by atoms with Gasteiger partial charge in [0, 0.05) is 31.3 Å². The molecule has 0 atom stereocenters. The molecule has 0 aromatic heterocycles. The van der Waals surface area contributed by atoms with Crippen molar-refractivity contribution in [1.82, 2.24) is 5.32 Å². The summed E-state index contributed by atoms with van der Waals surface area (Å²) in [5.74, 6) is 0.941. The Morgan fingerprint density at radius 2 is 1.83 bits per heavy atom. The first-order chi connectivity index (χ1) is 14.0. The molecule has 1 aliphatic rings. The Kier molecular flexibility index (Phi) is 6.54. The Morgan fingerprint density at radius 3 is 2.48 bits per heavy atom. The van der Waals surface area contributed by atoms with Crippen molar-refractivity contribution < 1.29 is 19.2 Å². The van der Waals surface area contributed by atoms with Crippen molar-refractivity contribution in [2.45, 2.75) is 19.3 Å². The molecule has 8 heteroatoms. The fourth-order valence-corrected chi connectivity index (χ4v) is 3.49. The number of nitrogens with zero attached hydrogens (tertiary/aromatic N) is 2. The van der Waals surface area contributed by atoms with Gasteiger partial charge in [-0.2, -0.15) is 0 Å². The highest BCUT2D eigenvalue weighted by Crippen LogP contribution is 2.31. The highest BCUT2D eigenvalue weighted by atomic mass is 16.6. The van der Waals surface area contributed by atoms with Crippen molar-refractivity contribution in [2.24, 2.45) is 0 Å². The summed E-state index contributed by atoms with van der Waals surface area (Å²) in [6.45, 7) is 2.01. The molecule has 1 amide bonds. The smallest absolute Gasteiger partial charge is 0.293 e. The van der Waals surface area contributed by atoms with Gasteiger partial charge in [-0.3, -0.25) is 14.9 Å². The molecule has 0 unspecified atom stereocenters. The number of hydrogen-bond acceptors (Lipinski definition) is 6. The lowest BCUT2D eigenvalue weighted by Gasteiger charge is -2.17. The average Bonchev–Trinajstić information content (AvgIpc) is 3.27. The first-order valence-corrected chi connectivity index (χ1v) is 9.56. The maximum absolute atomic E-state index is 12.5. The molecule has 8 nitrogen and oxygen atoms in total. The molecule has 0 aliphatic carbocycles. The van der Waals surface area contributed by atoms with Crippen LogP contribution in [0.1, 0.15) is 28.8 Å². The molecule has 29 heavy (non-hydrogen) atoms. The Labute approximate surface area is 169 Å². The normalized spacial score (nSPS) is 13.2. The van der Waals surface area contributed by atoms with Crippen LogP contribution in [-0.4, -0.2) is 44.7 Å². The summed E-state index contributed by atoms with van der Waals surface area (Å²) in [5, 5.41) is 14.3. The number of anilines is 1. The number of benzene rings is 2. The third-order valence-electron chi connectivity index (χ3n) is 5.03. The largest absolute Gasteiger partial charge is 0.493 e. The molecule has 2 aromatic carbocycles. The third kappa shape index (κ3) is 4.77. The van der Waals surface area contributed by atoms with Crippen LogP contribution in [0.5, 0.6) is 11.5 Å². The number of rotatable bonds is 8. The van der Waals surface area contributed by atoms with Crippen molar-refractivity contribution in [3.05, 3.63) is 57.6 Å². The molecule has 1 N–H and O–H groups in total. The SMILES string of the molecule is COc1ccc(CCNC(=O)c2ccc(N3CCCC3)c([N+](=O)[O-])c2)cc1OC. The summed E-state index contributed by atoms with van der Waals surface area (Å²) in [6.07, 6.45) is 2.64. The lowest BCUT2D eigenvalue weighted by atomic mass is 10.1. The second-order valence-electron chi connectivity index (χ2n) is 6.85. The van der Waals surface area contributed by atoms with Crippen LogP contribution in [-0.2, 0) is 6.42 Å². The van der Waals surface area contributed by atoms with Crippen LogP contribution < -0.4 is 19.7 Å².